The highest BCUT2D eigenvalue weighted by molar-refractivity contribution is 5.93. The molecule has 1 aliphatic rings. The summed E-state index contributed by atoms with van der Waals surface area (Å²) in [5.41, 5.74) is 5.48. The molecular formula is C14H25N5O2. The Morgan fingerprint density at radius 1 is 1.52 bits per heavy atom. The molecule has 7 heteroatoms. The van der Waals surface area contributed by atoms with Crippen LogP contribution in [-0.2, 0) is 5.41 Å². The molecule has 1 unspecified atom stereocenters. The molecule has 2 amide bonds. The number of amides is 2. The van der Waals surface area contributed by atoms with Crippen LogP contribution in [0.5, 0.6) is 0 Å². The number of carbonyl (C=O) groups is 1. The second kappa shape index (κ2) is 5.65. The third-order valence-electron chi connectivity index (χ3n) is 3.74. The summed E-state index contributed by atoms with van der Waals surface area (Å²) in [5.74, 6) is 1.32. The molecule has 1 fully saturated rings. The van der Waals surface area contributed by atoms with Gasteiger partial charge in [0.1, 0.15) is 11.9 Å². The van der Waals surface area contributed by atoms with E-state index in [0.717, 1.165) is 5.76 Å². The number of anilines is 1. The topological polar surface area (TPSA) is 78.8 Å². The highest BCUT2D eigenvalue weighted by atomic mass is 16.5. The lowest BCUT2D eigenvalue weighted by Gasteiger charge is -2.28. The molecule has 0 saturated carbocycles. The molecule has 2 rings (SSSR count). The minimum absolute atomic E-state index is 0.0716. The van der Waals surface area contributed by atoms with E-state index in [1.54, 1.807) is 16.8 Å². The van der Waals surface area contributed by atoms with Crippen molar-refractivity contribution in [3.05, 3.63) is 11.8 Å². The van der Waals surface area contributed by atoms with Gasteiger partial charge in [-0.15, -0.1) is 0 Å². The fraction of sp³-hybridized carbons (Fsp3) is 0.714. The predicted octanol–water partition coefficient (Wildman–Crippen LogP) is 1.06. The molecule has 0 bridgehead atoms. The van der Waals surface area contributed by atoms with Crippen LogP contribution in [-0.4, -0.2) is 60.9 Å². The van der Waals surface area contributed by atoms with Crippen LogP contribution in [0.3, 0.4) is 0 Å². The Hall–Kier alpha value is -1.60. The van der Waals surface area contributed by atoms with Crippen molar-refractivity contribution in [3.8, 4) is 0 Å². The largest absolute Gasteiger partial charge is 0.359 e. The summed E-state index contributed by atoms with van der Waals surface area (Å²) >= 11 is 0. The normalized spacial score (nSPS) is 20.0. The number of likely N-dealkylation sites (N-methyl/N-ethyl adjacent to an activating group) is 2. The van der Waals surface area contributed by atoms with Gasteiger partial charge in [-0.05, 0) is 7.05 Å². The summed E-state index contributed by atoms with van der Waals surface area (Å²) in [4.78, 5) is 17.8. The standard InChI is InChI=1S/C14H25N5O2/c1-14(2,3)10-8-11(16-21-10)19-12(17(4)7-6-15)9-18(5)13(19)20/h8,12H,6-7,9,15H2,1-5H3. The molecule has 118 valence electrons. The molecule has 1 aromatic heterocycles. The van der Waals surface area contributed by atoms with Gasteiger partial charge >= 0.3 is 6.03 Å². The summed E-state index contributed by atoms with van der Waals surface area (Å²) in [6.07, 6.45) is -0.0797. The number of nitrogens with zero attached hydrogens (tertiary/aromatic N) is 4. The highest BCUT2D eigenvalue weighted by Crippen LogP contribution is 2.30. The lowest BCUT2D eigenvalue weighted by atomic mass is 9.93. The molecule has 0 aromatic carbocycles. The second-order valence-electron chi connectivity index (χ2n) is 6.58. The third-order valence-corrected chi connectivity index (χ3v) is 3.74. The van der Waals surface area contributed by atoms with Crippen molar-refractivity contribution in [2.24, 2.45) is 5.73 Å². The molecule has 21 heavy (non-hydrogen) atoms. The van der Waals surface area contributed by atoms with Crippen LogP contribution in [0, 0.1) is 0 Å². The molecule has 0 radical (unpaired) electrons. The summed E-state index contributed by atoms with van der Waals surface area (Å²) in [6.45, 7) is 8.03. The monoisotopic (exact) mass is 295 g/mol. The second-order valence-corrected chi connectivity index (χ2v) is 6.58. The van der Waals surface area contributed by atoms with E-state index in [1.807, 2.05) is 33.9 Å². The van der Waals surface area contributed by atoms with Gasteiger partial charge in [0.05, 0.1) is 6.54 Å². The van der Waals surface area contributed by atoms with Crippen molar-refractivity contribution in [2.45, 2.75) is 32.4 Å². The number of hydrogen-bond acceptors (Lipinski definition) is 5. The van der Waals surface area contributed by atoms with Crippen molar-refractivity contribution in [3.63, 3.8) is 0 Å². The molecule has 7 nitrogen and oxygen atoms in total. The van der Waals surface area contributed by atoms with Crippen molar-refractivity contribution in [1.82, 2.24) is 15.0 Å². The van der Waals surface area contributed by atoms with Crippen LogP contribution in [0.4, 0.5) is 10.6 Å². The predicted molar refractivity (Wildman–Crippen MR) is 81.2 cm³/mol. The molecule has 0 aliphatic carbocycles. The summed E-state index contributed by atoms with van der Waals surface area (Å²) in [5, 5.41) is 4.09. The number of urea groups is 1. The summed E-state index contributed by atoms with van der Waals surface area (Å²) < 4.78 is 5.41. The van der Waals surface area contributed by atoms with E-state index in [9.17, 15) is 4.79 Å². The van der Waals surface area contributed by atoms with Gasteiger partial charge < -0.3 is 15.2 Å². The molecule has 1 saturated heterocycles. The van der Waals surface area contributed by atoms with Crippen molar-refractivity contribution in [2.75, 3.05) is 38.6 Å². The number of nitrogens with two attached hydrogens (primary N) is 1. The lowest BCUT2D eigenvalue weighted by molar-refractivity contribution is 0.228. The molecule has 1 aliphatic heterocycles. The highest BCUT2D eigenvalue weighted by Gasteiger charge is 2.40. The van der Waals surface area contributed by atoms with E-state index in [-0.39, 0.29) is 17.6 Å². The Kier molecular flexibility index (Phi) is 4.25. The summed E-state index contributed by atoms with van der Waals surface area (Å²) in [6, 6.07) is 1.78. The Morgan fingerprint density at radius 2 is 2.19 bits per heavy atom. The smallest absolute Gasteiger partial charge is 0.327 e. The first-order valence-electron chi connectivity index (χ1n) is 7.17. The molecule has 2 N–H and O–H groups in total. The van der Waals surface area contributed by atoms with Crippen LogP contribution < -0.4 is 10.6 Å². The van der Waals surface area contributed by atoms with E-state index in [2.05, 4.69) is 10.1 Å². The van der Waals surface area contributed by atoms with Crippen LogP contribution in [0.25, 0.3) is 0 Å². The first kappa shape index (κ1) is 15.8. The molecule has 1 aromatic rings. The van der Waals surface area contributed by atoms with E-state index >= 15 is 0 Å². The fourth-order valence-electron chi connectivity index (χ4n) is 2.39. The summed E-state index contributed by atoms with van der Waals surface area (Å²) in [7, 11) is 3.75. The van der Waals surface area contributed by atoms with Crippen LogP contribution in [0.2, 0.25) is 0 Å². The van der Waals surface area contributed by atoms with Gasteiger partial charge in [0, 0.05) is 31.6 Å². The van der Waals surface area contributed by atoms with Gasteiger partial charge in [-0.25, -0.2) is 4.79 Å². The Bertz CT molecular complexity index is 508. The van der Waals surface area contributed by atoms with Gasteiger partial charge in [0.2, 0.25) is 0 Å². The minimum Gasteiger partial charge on any atom is -0.359 e. The zero-order valence-electron chi connectivity index (χ0n) is 13.5. The number of aromatic nitrogens is 1. The van der Waals surface area contributed by atoms with Crippen molar-refractivity contribution < 1.29 is 9.32 Å². The molecule has 1 atom stereocenters. The Labute approximate surface area is 125 Å². The van der Waals surface area contributed by atoms with Crippen LogP contribution in [0.15, 0.2) is 10.6 Å². The van der Waals surface area contributed by atoms with E-state index in [4.69, 9.17) is 10.3 Å². The zero-order valence-corrected chi connectivity index (χ0v) is 13.5. The Morgan fingerprint density at radius 3 is 2.71 bits per heavy atom. The maximum Gasteiger partial charge on any atom is 0.327 e. The lowest BCUT2D eigenvalue weighted by Crippen LogP contribution is -2.47. The number of carbonyl (C=O) groups excluding carboxylic acids is 1. The molecule has 0 spiro atoms. The van der Waals surface area contributed by atoms with Crippen LogP contribution >= 0.6 is 0 Å². The van der Waals surface area contributed by atoms with Gasteiger partial charge in [-0.1, -0.05) is 25.9 Å². The van der Waals surface area contributed by atoms with E-state index in [1.165, 1.54) is 0 Å². The first-order chi connectivity index (χ1) is 9.75. The maximum absolute atomic E-state index is 12.4. The molecule has 2 heterocycles. The third kappa shape index (κ3) is 3.03. The SMILES string of the molecule is CN1CC(N(C)CCN)N(c2cc(C(C)(C)C)on2)C1=O. The average molecular weight is 295 g/mol. The van der Waals surface area contributed by atoms with E-state index < -0.39 is 0 Å². The van der Waals surface area contributed by atoms with Gasteiger partial charge in [-0.2, -0.15) is 0 Å². The first-order valence-corrected chi connectivity index (χ1v) is 7.17. The average Bonchev–Trinajstić information content (AvgIpc) is 2.96. The minimum atomic E-state index is -0.140. The number of rotatable bonds is 4. The van der Waals surface area contributed by atoms with Crippen molar-refractivity contribution in [1.29, 1.82) is 0 Å². The van der Waals surface area contributed by atoms with Gasteiger partial charge in [0.25, 0.3) is 0 Å². The van der Waals surface area contributed by atoms with Crippen LogP contribution in [0.1, 0.15) is 26.5 Å². The van der Waals surface area contributed by atoms with Gasteiger partial charge in [-0.3, -0.25) is 9.80 Å². The quantitative estimate of drug-likeness (QED) is 0.898. The maximum atomic E-state index is 12.4. The zero-order chi connectivity index (χ0) is 15.8. The molecular weight excluding hydrogens is 270 g/mol. The van der Waals surface area contributed by atoms with Crippen molar-refractivity contribution >= 4 is 11.8 Å². The Balaban J connectivity index is 2.29. The fourth-order valence-corrected chi connectivity index (χ4v) is 2.39. The van der Waals surface area contributed by atoms with Gasteiger partial charge in [0.15, 0.2) is 5.82 Å². The van der Waals surface area contributed by atoms with E-state index in [0.29, 0.717) is 25.5 Å². The number of hydrogen-bond donors (Lipinski definition) is 1.